The van der Waals surface area contributed by atoms with Crippen molar-refractivity contribution in [3.8, 4) is 17.6 Å². The smallest absolute Gasteiger partial charge is 0.179 e. The molecule has 0 bridgehead atoms. The van der Waals surface area contributed by atoms with E-state index in [1.165, 1.54) is 18.6 Å². The molecule has 7 heteroatoms. The first-order chi connectivity index (χ1) is 12.5. The summed E-state index contributed by atoms with van der Waals surface area (Å²) in [6.45, 7) is 4.10. The van der Waals surface area contributed by atoms with Gasteiger partial charge in [0.05, 0.1) is 40.7 Å². The van der Waals surface area contributed by atoms with Gasteiger partial charge in [0.1, 0.15) is 6.07 Å². The van der Waals surface area contributed by atoms with E-state index in [-0.39, 0.29) is 6.10 Å². The third-order valence-corrected chi connectivity index (χ3v) is 4.43. The fourth-order valence-electron chi connectivity index (χ4n) is 2.32. The highest BCUT2D eigenvalue weighted by molar-refractivity contribution is 6.37. The molecule has 0 radical (unpaired) electrons. The predicted octanol–water partition coefficient (Wildman–Crippen LogP) is 5.42. The van der Waals surface area contributed by atoms with Crippen LogP contribution in [-0.2, 0) is 0 Å². The van der Waals surface area contributed by atoms with Gasteiger partial charge in [0.2, 0.25) is 0 Å². The van der Waals surface area contributed by atoms with Crippen molar-refractivity contribution in [3.63, 3.8) is 0 Å². The second kappa shape index (κ2) is 9.42. The molecule has 2 heterocycles. The molecular weight excluding hydrogens is 373 g/mol. The lowest BCUT2D eigenvalue weighted by Crippen LogP contribution is -2.14. The van der Waals surface area contributed by atoms with Crippen LogP contribution in [0.1, 0.15) is 37.9 Å². The van der Waals surface area contributed by atoms with Crippen LogP contribution in [-0.4, -0.2) is 23.2 Å². The molecule has 26 heavy (non-hydrogen) atoms. The average molecular weight is 392 g/mol. The Kier molecular flexibility index (Phi) is 7.26. The number of ether oxygens (including phenoxy) is 2. The summed E-state index contributed by atoms with van der Waals surface area (Å²) in [6, 6.07) is 3.82. The Hall–Kier alpha value is -2.29. The van der Waals surface area contributed by atoms with Gasteiger partial charge in [-0.2, -0.15) is 5.26 Å². The highest BCUT2D eigenvalue weighted by Gasteiger charge is 2.15. The van der Waals surface area contributed by atoms with Crippen LogP contribution in [0.4, 0.5) is 0 Å². The molecule has 0 aliphatic rings. The van der Waals surface area contributed by atoms with Gasteiger partial charge in [0.25, 0.3) is 0 Å². The largest absolute Gasteiger partial charge is 0.491 e. The van der Waals surface area contributed by atoms with Crippen LogP contribution < -0.4 is 9.47 Å². The number of pyridine rings is 2. The van der Waals surface area contributed by atoms with Crippen LogP contribution >= 0.6 is 23.2 Å². The van der Waals surface area contributed by atoms with Crippen LogP contribution in [0.15, 0.2) is 24.7 Å². The van der Waals surface area contributed by atoms with E-state index in [1.807, 2.05) is 0 Å². The zero-order valence-electron chi connectivity index (χ0n) is 14.8. The standard InChI is InChI=1S/C19H19Cl2N3O2/c1-4-13(5-2)26-18-7-17(24-11-19(18)25-3)12(8-22)6-14-15(20)9-23-10-16(14)21/h6-7,9-11,13H,4-5H2,1-3H3. The molecule has 0 amide bonds. The summed E-state index contributed by atoms with van der Waals surface area (Å²) in [6.07, 6.45) is 7.84. The highest BCUT2D eigenvalue weighted by Crippen LogP contribution is 2.32. The zero-order valence-corrected chi connectivity index (χ0v) is 16.3. The number of rotatable bonds is 7. The molecule has 0 aromatic carbocycles. The Labute approximate surface area is 163 Å². The van der Waals surface area contributed by atoms with Gasteiger partial charge in [0.15, 0.2) is 11.5 Å². The number of nitrogens with zero attached hydrogens (tertiary/aromatic N) is 3. The van der Waals surface area contributed by atoms with Gasteiger partial charge in [-0.15, -0.1) is 0 Å². The molecule has 2 aromatic heterocycles. The van der Waals surface area contributed by atoms with Crippen LogP contribution in [0.25, 0.3) is 11.6 Å². The van der Waals surface area contributed by atoms with E-state index in [0.717, 1.165) is 12.8 Å². The SMILES string of the molecule is CCC(CC)Oc1cc(C(C#N)=Cc2c(Cl)cncc2Cl)ncc1OC. The van der Waals surface area contributed by atoms with Crippen LogP contribution in [0.2, 0.25) is 10.0 Å². The first-order valence-electron chi connectivity index (χ1n) is 8.15. The number of hydrogen-bond acceptors (Lipinski definition) is 5. The Bertz CT molecular complexity index is 823. The minimum atomic E-state index is 0.0535. The summed E-state index contributed by atoms with van der Waals surface area (Å²) in [5.74, 6) is 1.05. The van der Waals surface area contributed by atoms with E-state index in [1.54, 1.807) is 19.3 Å². The molecule has 0 atom stereocenters. The van der Waals surface area contributed by atoms with E-state index in [9.17, 15) is 5.26 Å². The van der Waals surface area contributed by atoms with E-state index in [0.29, 0.717) is 38.4 Å². The minimum Gasteiger partial charge on any atom is -0.491 e. The maximum absolute atomic E-state index is 9.58. The van der Waals surface area contributed by atoms with Gasteiger partial charge in [0, 0.05) is 24.0 Å². The molecule has 0 unspecified atom stereocenters. The summed E-state index contributed by atoms with van der Waals surface area (Å²) in [4.78, 5) is 8.21. The van der Waals surface area contributed by atoms with Gasteiger partial charge in [-0.3, -0.25) is 9.97 Å². The Morgan fingerprint density at radius 3 is 2.38 bits per heavy atom. The molecule has 0 aliphatic carbocycles. The number of aromatic nitrogens is 2. The van der Waals surface area contributed by atoms with Gasteiger partial charge in [-0.1, -0.05) is 37.0 Å². The van der Waals surface area contributed by atoms with Gasteiger partial charge < -0.3 is 9.47 Å². The normalized spacial score (nSPS) is 11.3. The summed E-state index contributed by atoms with van der Waals surface area (Å²) in [7, 11) is 1.55. The molecule has 0 fully saturated rings. The molecule has 0 saturated carbocycles. The van der Waals surface area contributed by atoms with Gasteiger partial charge >= 0.3 is 0 Å². The molecule has 136 valence electrons. The van der Waals surface area contributed by atoms with Crippen molar-refractivity contribution in [2.75, 3.05) is 7.11 Å². The fourth-order valence-corrected chi connectivity index (χ4v) is 2.79. The van der Waals surface area contributed by atoms with Crippen LogP contribution in [0.3, 0.4) is 0 Å². The van der Waals surface area contributed by atoms with Crippen LogP contribution in [0, 0.1) is 11.3 Å². The summed E-state index contributed by atoms with van der Waals surface area (Å²) in [5.41, 5.74) is 1.26. The van der Waals surface area contributed by atoms with E-state index in [2.05, 4.69) is 29.9 Å². The lowest BCUT2D eigenvalue weighted by atomic mass is 10.1. The van der Waals surface area contributed by atoms with E-state index < -0.39 is 0 Å². The molecule has 0 saturated heterocycles. The number of methoxy groups -OCH3 is 1. The molecule has 2 aromatic rings. The average Bonchev–Trinajstić information content (AvgIpc) is 2.66. The molecule has 0 N–H and O–H groups in total. The summed E-state index contributed by atoms with van der Waals surface area (Å²) >= 11 is 12.3. The van der Waals surface area contributed by atoms with Crippen LogP contribution in [0.5, 0.6) is 11.5 Å². The summed E-state index contributed by atoms with van der Waals surface area (Å²) < 4.78 is 11.3. The number of halogens is 2. The Morgan fingerprint density at radius 1 is 1.19 bits per heavy atom. The third-order valence-electron chi connectivity index (χ3n) is 3.83. The van der Waals surface area contributed by atoms with E-state index >= 15 is 0 Å². The van der Waals surface area contributed by atoms with Crippen molar-refractivity contribution in [1.82, 2.24) is 9.97 Å². The second-order valence-corrected chi connectivity index (χ2v) is 6.28. The van der Waals surface area contributed by atoms with Crippen molar-refractivity contribution in [2.45, 2.75) is 32.8 Å². The number of nitriles is 1. The first kappa shape index (κ1) is 20.0. The fraction of sp³-hybridized carbons (Fsp3) is 0.316. The second-order valence-electron chi connectivity index (χ2n) is 5.46. The van der Waals surface area contributed by atoms with Gasteiger partial charge in [-0.25, -0.2) is 0 Å². The quantitative estimate of drug-likeness (QED) is 0.589. The van der Waals surface area contributed by atoms with Crippen molar-refractivity contribution in [3.05, 3.63) is 46.0 Å². The van der Waals surface area contributed by atoms with Gasteiger partial charge in [-0.05, 0) is 18.9 Å². The van der Waals surface area contributed by atoms with Crippen molar-refractivity contribution in [2.24, 2.45) is 0 Å². The minimum absolute atomic E-state index is 0.0535. The molecular formula is C19H19Cl2N3O2. The van der Waals surface area contributed by atoms with Crippen molar-refractivity contribution < 1.29 is 9.47 Å². The lowest BCUT2D eigenvalue weighted by molar-refractivity contribution is 0.184. The first-order valence-corrected chi connectivity index (χ1v) is 8.91. The molecule has 5 nitrogen and oxygen atoms in total. The third kappa shape index (κ3) is 4.66. The van der Waals surface area contributed by atoms with Crippen molar-refractivity contribution >= 4 is 34.9 Å². The number of hydrogen-bond donors (Lipinski definition) is 0. The maximum atomic E-state index is 9.58. The maximum Gasteiger partial charge on any atom is 0.179 e. The Morgan fingerprint density at radius 2 is 1.85 bits per heavy atom. The molecule has 0 spiro atoms. The Balaban J connectivity index is 2.48. The number of allylic oxidation sites excluding steroid dienone is 1. The lowest BCUT2D eigenvalue weighted by Gasteiger charge is -2.18. The predicted molar refractivity (Wildman–Crippen MR) is 104 cm³/mol. The highest BCUT2D eigenvalue weighted by atomic mass is 35.5. The van der Waals surface area contributed by atoms with Crippen molar-refractivity contribution in [1.29, 1.82) is 5.26 Å². The monoisotopic (exact) mass is 391 g/mol. The van der Waals surface area contributed by atoms with E-state index in [4.69, 9.17) is 32.7 Å². The zero-order chi connectivity index (χ0) is 19.1. The topological polar surface area (TPSA) is 68.0 Å². The summed E-state index contributed by atoms with van der Waals surface area (Å²) in [5, 5.41) is 10.3. The molecule has 2 rings (SSSR count). The molecule has 0 aliphatic heterocycles.